The SMILES string of the molecule is CC(C)(C)c1ccc2c(oc3ccc4c(c32)C(C)(C)c2cc(N(c3ccc5c(c3)C(C)(C)c3ccccc3-5)c3cccc5c3-c3ccccc3C5(C)C)ccc2-4)c1C(C)(C)C. The summed E-state index contributed by atoms with van der Waals surface area (Å²) in [6.07, 6.45) is 0. The monoisotopic (exact) mass is 795 g/mol. The number of benzene rings is 7. The summed E-state index contributed by atoms with van der Waals surface area (Å²) in [5, 5.41) is 2.47. The molecule has 3 aliphatic rings. The highest BCUT2D eigenvalue weighted by Crippen LogP contribution is 2.58. The number of hydrogen-bond acceptors (Lipinski definition) is 2. The van der Waals surface area contributed by atoms with Gasteiger partial charge in [0, 0.05) is 49.5 Å². The second kappa shape index (κ2) is 12.2. The second-order valence-corrected chi connectivity index (χ2v) is 21.8. The van der Waals surface area contributed by atoms with Crippen LogP contribution >= 0.6 is 0 Å². The molecule has 0 bridgehead atoms. The van der Waals surface area contributed by atoms with Gasteiger partial charge in [0.15, 0.2) is 0 Å². The van der Waals surface area contributed by atoms with Crippen molar-refractivity contribution in [1.29, 1.82) is 0 Å². The normalized spacial score (nSPS) is 16.3. The Morgan fingerprint density at radius 2 is 1.00 bits per heavy atom. The quantitative estimate of drug-likeness (QED) is 0.177. The zero-order valence-corrected chi connectivity index (χ0v) is 38.0. The number of anilines is 3. The molecule has 7 aromatic carbocycles. The first-order valence-electron chi connectivity index (χ1n) is 22.3. The molecule has 3 aliphatic carbocycles. The standard InChI is InChI=1S/C59H57NO/c1-55(2,3)45-30-28-41-51-49(61-54(41)53(45)56(4,5)6)31-29-39-38-27-25-35(33-47(38)59(11,12)52(39)51)60(34-24-26-37-36-18-13-15-20-42(36)58(9,10)46(37)32-34)48-23-17-22-44-50(48)40-19-14-16-21-43(40)57(44,7)8/h13-33H,1-12H3. The number of fused-ring (bicyclic) bond motifs is 13. The van der Waals surface area contributed by atoms with E-state index in [2.05, 4.69) is 215 Å². The molecule has 0 fully saturated rings. The van der Waals surface area contributed by atoms with Crippen molar-refractivity contribution >= 4 is 39.0 Å². The average Bonchev–Trinajstić information content (AvgIpc) is 3.86. The predicted molar refractivity (Wildman–Crippen MR) is 258 cm³/mol. The first-order valence-corrected chi connectivity index (χ1v) is 22.3. The molecule has 0 saturated heterocycles. The topological polar surface area (TPSA) is 16.4 Å². The molecule has 61 heavy (non-hydrogen) atoms. The molecule has 11 rings (SSSR count). The number of nitrogens with zero attached hydrogens (tertiary/aromatic N) is 1. The average molecular weight is 796 g/mol. The molecule has 1 heterocycles. The molecule has 0 saturated carbocycles. The first kappa shape index (κ1) is 38.1. The lowest BCUT2D eigenvalue weighted by molar-refractivity contribution is 0.523. The third-order valence-electron chi connectivity index (χ3n) is 14.9. The van der Waals surface area contributed by atoms with Crippen LogP contribution in [0.3, 0.4) is 0 Å². The Morgan fingerprint density at radius 1 is 0.459 bits per heavy atom. The summed E-state index contributed by atoms with van der Waals surface area (Å²) in [6.45, 7) is 28.3. The van der Waals surface area contributed by atoms with E-state index in [1.165, 1.54) is 106 Å². The maximum Gasteiger partial charge on any atom is 0.139 e. The van der Waals surface area contributed by atoms with Gasteiger partial charge in [0.2, 0.25) is 0 Å². The Hall–Kier alpha value is -5.86. The Kier molecular flexibility index (Phi) is 7.59. The molecule has 2 nitrogen and oxygen atoms in total. The highest BCUT2D eigenvalue weighted by Gasteiger charge is 2.42. The molecular formula is C59H57NO. The van der Waals surface area contributed by atoms with Gasteiger partial charge in [0.1, 0.15) is 11.2 Å². The predicted octanol–water partition coefficient (Wildman–Crippen LogP) is 16.6. The fourth-order valence-corrected chi connectivity index (χ4v) is 11.9. The molecule has 8 aromatic rings. The van der Waals surface area contributed by atoms with Crippen molar-refractivity contribution in [3.8, 4) is 33.4 Å². The Bertz CT molecular complexity index is 3190. The van der Waals surface area contributed by atoms with Gasteiger partial charge in [-0.05, 0) is 114 Å². The second-order valence-electron chi connectivity index (χ2n) is 21.8. The molecular weight excluding hydrogens is 739 g/mol. The van der Waals surface area contributed by atoms with Crippen LogP contribution in [0.4, 0.5) is 17.1 Å². The zero-order chi connectivity index (χ0) is 42.8. The van der Waals surface area contributed by atoms with Gasteiger partial charge in [-0.2, -0.15) is 0 Å². The molecule has 0 aliphatic heterocycles. The minimum absolute atomic E-state index is 0.00915. The lowest BCUT2D eigenvalue weighted by atomic mass is 9.74. The van der Waals surface area contributed by atoms with Crippen LogP contribution in [0.5, 0.6) is 0 Å². The van der Waals surface area contributed by atoms with E-state index >= 15 is 0 Å². The molecule has 0 atom stereocenters. The molecule has 1 aromatic heterocycles. The van der Waals surface area contributed by atoms with Crippen molar-refractivity contribution in [3.05, 3.63) is 172 Å². The minimum atomic E-state index is -0.290. The van der Waals surface area contributed by atoms with Crippen molar-refractivity contribution < 1.29 is 4.42 Å². The van der Waals surface area contributed by atoms with Gasteiger partial charge in [0.05, 0.1) is 5.69 Å². The third-order valence-corrected chi connectivity index (χ3v) is 14.9. The van der Waals surface area contributed by atoms with E-state index in [0.29, 0.717) is 0 Å². The van der Waals surface area contributed by atoms with Crippen LogP contribution in [0.25, 0.3) is 55.3 Å². The molecule has 0 spiro atoms. The molecule has 0 unspecified atom stereocenters. The zero-order valence-electron chi connectivity index (χ0n) is 38.0. The van der Waals surface area contributed by atoms with E-state index in [-0.39, 0.29) is 27.1 Å². The summed E-state index contributed by atoms with van der Waals surface area (Å²) < 4.78 is 7.00. The number of rotatable bonds is 3. The van der Waals surface area contributed by atoms with Crippen molar-refractivity contribution in [2.75, 3.05) is 4.90 Å². The van der Waals surface area contributed by atoms with Crippen molar-refractivity contribution in [3.63, 3.8) is 0 Å². The van der Waals surface area contributed by atoms with Crippen LogP contribution < -0.4 is 4.90 Å². The lowest BCUT2D eigenvalue weighted by Gasteiger charge is -2.31. The van der Waals surface area contributed by atoms with E-state index in [0.717, 1.165) is 11.2 Å². The summed E-state index contributed by atoms with van der Waals surface area (Å²) in [4.78, 5) is 2.56. The third kappa shape index (κ3) is 5.08. The highest BCUT2D eigenvalue weighted by atomic mass is 16.3. The van der Waals surface area contributed by atoms with Gasteiger partial charge in [-0.25, -0.2) is 0 Å². The van der Waals surface area contributed by atoms with Gasteiger partial charge in [-0.3, -0.25) is 0 Å². The molecule has 304 valence electrons. The van der Waals surface area contributed by atoms with Crippen LogP contribution in [0, 0.1) is 0 Å². The molecule has 0 amide bonds. The fourth-order valence-electron chi connectivity index (χ4n) is 11.9. The van der Waals surface area contributed by atoms with Gasteiger partial charge < -0.3 is 9.32 Å². The van der Waals surface area contributed by atoms with Crippen LogP contribution in [0.1, 0.15) is 128 Å². The summed E-state index contributed by atoms with van der Waals surface area (Å²) in [5.74, 6) is 0. The lowest BCUT2D eigenvalue weighted by Crippen LogP contribution is -2.22. The maximum absolute atomic E-state index is 7.00. The summed E-state index contributed by atoms with van der Waals surface area (Å²) >= 11 is 0. The molecule has 0 radical (unpaired) electrons. The van der Waals surface area contributed by atoms with Gasteiger partial charge in [0.25, 0.3) is 0 Å². The minimum Gasteiger partial charge on any atom is -0.456 e. The smallest absolute Gasteiger partial charge is 0.139 e. The Balaban J connectivity index is 1.14. The molecule has 0 N–H and O–H groups in total. The van der Waals surface area contributed by atoms with Crippen LogP contribution in [-0.2, 0) is 27.1 Å². The van der Waals surface area contributed by atoms with E-state index in [9.17, 15) is 0 Å². The van der Waals surface area contributed by atoms with E-state index < -0.39 is 0 Å². The first-order chi connectivity index (χ1) is 28.8. The summed E-state index contributed by atoms with van der Waals surface area (Å²) in [5.41, 5.74) is 23.8. The van der Waals surface area contributed by atoms with Gasteiger partial charge in [-0.15, -0.1) is 0 Å². The van der Waals surface area contributed by atoms with Crippen molar-refractivity contribution in [2.45, 2.75) is 110 Å². The molecule has 2 heteroatoms. The Morgan fingerprint density at radius 3 is 1.66 bits per heavy atom. The van der Waals surface area contributed by atoms with Crippen LogP contribution in [0.2, 0.25) is 0 Å². The van der Waals surface area contributed by atoms with Gasteiger partial charge in [-0.1, -0.05) is 174 Å². The number of furan rings is 1. The van der Waals surface area contributed by atoms with Crippen LogP contribution in [0.15, 0.2) is 132 Å². The van der Waals surface area contributed by atoms with Crippen molar-refractivity contribution in [2.24, 2.45) is 0 Å². The number of hydrogen-bond donors (Lipinski definition) is 0. The highest BCUT2D eigenvalue weighted by molar-refractivity contribution is 6.12. The Labute approximate surface area is 362 Å². The van der Waals surface area contributed by atoms with E-state index in [1.807, 2.05) is 0 Å². The van der Waals surface area contributed by atoms with E-state index in [4.69, 9.17) is 4.42 Å². The van der Waals surface area contributed by atoms with E-state index in [1.54, 1.807) is 0 Å². The summed E-state index contributed by atoms with van der Waals surface area (Å²) in [7, 11) is 0. The van der Waals surface area contributed by atoms with Crippen LogP contribution in [-0.4, -0.2) is 0 Å². The maximum atomic E-state index is 7.00. The van der Waals surface area contributed by atoms with Gasteiger partial charge >= 0.3 is 0 Å². The van der Waals surface area contributed by atoms with Crippen molar-refractivity contribution in [1.82, 2.24) is 0 Å². The largest absolute Gasteiger partial charge is 0.456 e. The summed E-state index contributed by atoms with van der Waals surface area (Å²) in [6, 6.07) is 48.7. The fraction of sp³-hybridized carbons (Fsp3) is 0.288.